The number of anilines is 1. The summed E-state index contributed by atoms with van der Waals surface area (Å²) in [7, 11) is 0. The van der Waals surface area contributed by atoms with Crippen molar-refractivity contribution >= 4 is 17.5 Å². The third-order valence-corrected chi connectivity index (χ3v) is 4.00. The molecule has 1 fully saturated rings. The van der Waals surface area contributed by atoms with Gasteiger partial charge in [0.2, 0.25) is 5.82 Å². The average Bonchev–Trinajstić information content (AvgIpc) is 2.75. The summed E-state index contributed by atoms with van der Waals surface area (Å²) in [5.74, 6) is -0.622. The van der Waals surface area contributed by atoms with Crippen LogP contribution in [0.1, 0.15) is 38.3 Å². The lowest BCUT2D eigenvalue weighted by atomic mass is 9.86. The number of nitrogens with zero attached hydrogens (tertiary/aromatic N) is 3. The van der Waals surface area contributed by atoms with Gasteiger partial charge in [-0.2, -0.15) is 5.10 Å². The highest BCUT2D eigenvalue weighted by Gasteiger charge is 2.30. The van der Waals surface area contributed by atoms with Gasteiger partial charge in [0.1, 0.15) is 5.69 Å². The van der Waals surface area contributed by atoms with E-state index < -0.39 is 10.9 Å². The monoisotopic (exact) mass is 296 g/mol. The lowest BCUT2D eigenvalue weighted by Crippen LogP contribution is -2.30. The Labute approximate surface area is 122 Å². The molecule has 1 aromatic rings. The van der Waals surface area contributed by atoms with Gasteiger partial charge in [-0.15, -0.1) is 0 Å². The van der Waals surface area contributed by atoms with E-state index >= 15 is 0 Å². The highest BCUT2D eigenvalue weighted by molar-refractivity contribution is 5.70. The van der Waals surface area contributed by atoms with Gasteiger partial charge in [0.25, 0.3) is 0 Å². The molecule has 1 heterocycles. The molecule has 8 nitrogen and oxygen atoms in total. The van der Waals surface area contributed by atoms with Crippen molar-refractivity contribution in [3.8, 4) is 0 Å². The largest absolute Gasteiger partial charge is 0.481 e. The van der Waals surface area contributed by atoms with Crippen LogP contribution in [0.2, 0.25) is 0 Å². The van der Waals surface area contributed by atoms with Crippen molar-refractivity contribution < 1.29 is 14.8 Å². The van der Waals surface area contributed by atoms with Crippen LogP contribution >= 0.6 is 0 Å². The topological polar surface area (TPSA) is 110 Å². The first kappa shape index (κ1) is 15.3. The molecule has 0 radical (unpaired) electrons. The molecule has 2 rings (SSSR count). The SMILES string of the molecule is CCn1nc(C)c([N+](=O)[O-])c1NC1CCC(C(=O)O)CC1. The summed E-state index contributed by atoms with van der Waals surface area (Å²) >= 11 is 0. The number of aryl methyl sites for hydroxylation is 2. The van der Waals surface area contributed by atoms with E-state index in [2.05, 4.69) is 10.4 Å². The summed E-state index contributed by atoms with van der Waals surface area (Å²) in [6.07, 6.45) is 2.59. The summed E-state index contributed by atoms with van der Waals surface area (Å²) in [6, 6.07) is 0.0562. The minimum Gasteiger partial charge on any atom is -0.481 e. The van der Waals surface area contributed by atoms with Crippen LogP contribution < -0.4 is 5.32 Å². The fraction of sp³-hybridized carbons (Fsp3) is 0.692. The predicted molar refractivity (Wildman–Crippen MR) is 76.3 cm³/mol. The molecule has 0 saturated heterocycles. The first-order valence-corrected chi connectivity index (χ1v) is 7.15. The van der Waals surface area contributed by atoms with E-state index in [9.17, 15) is 14.9 Å². The number of hydrogen-bond donors (Lipinski definition) is 2. The Morgan fingerprint density at radius 3 is 2.57 bits per heavy atom. The van der Waals surface area contributed by atoms with Gasteiger partial charge in [0.05, 0.1) is 10.8 Å². The Balaban J connectivity index is 2.13. The van der Waals surface area contributed by atoms with Gasteiger partial charge >= 0.3 is 11.7 Å². The molecular weight excluding hydrogens is 276 g/mol. The molecule has 0 bridgehead atoms. The third kappa shape index (κ3) is 3.14. The first-order chi connectivity index (χ1) is 9.93. The first-order valence-electron chi connectivity index (χ1n) is 7.15. The van der Waals surface area contributed by atoms with Crippen LogP contribution in [0.4, 0.5) is 11.5 Å². The zero-order chi connectivity index (χ0) is 15.6. The number of nitrogens with one attached hydrogen (secondary N) is 1. The maximum Gasteiger partial charge on any atom is 0.333 e. The Morgan fingerprint density at radius 1 is 1.48 bits per heavy atom. The second-order valence-corrected chi connectivity index (χ2v) is 5.39. The van der Waals surface area contributed by atoms with E-state index in [1.807, 2.05) is 6.92 Å². The molecular formula is C13H20N4O4. The van der Waals surface area contributed by atoms with Gasteiger partial charge in [0.15, 0.2) is 0 Å². The number of carbonyl (C=O) groups is 1. The number of aliphatic carboxylic acids is 1. The fourth-order valence-electron chi connectivity index (χ4n) is 2.84. The predicted octanol–water partition coefficient (Wildman–Crippen LogP) is 2.17. The van der Waals surface area contributed by atoms with Gasteiger partial charge in [-0.3, -0.25) is 14.9 Å². The number of carboxylic acids is 1. The number of hydrogen-bond acceptors (Lipinski definition) is 5. The molecule has 2 N–H and O–H groups in total. The van der Waals surface area contributed by atoms with Crippen LogP contribution in [0.15, 0.2) is 0 Å². The average molecular weight is 296 g/mol. The second kappa shape index (κ2) is 6.11. The van der Waals surface area contributed by atoms with Crippen molar-refractivity contribution in [1.82, 2.24) is 9.78 Å². The van der Waals surface area contributed by atoms with Crippen molar-refractivity contribution in [2.45, 2.75) is 52.1 Å². The number of carboxylic acid groups (broad SMARTS) is 1. The lowest BCUT2D eigenvalue weighted by molar-refractivity contribution is -0.384. The summed E-state index contributed by atoms with van der Waals surface area (Å²) in [5.41, 5.74) is 0.403. The van der Waals surface area contributed by atoms with Crippen LogP contribution in [0.25, 0.3) is 0 Å². The number of aromatic nitrogens is 2. The Morgan fingerprint density at radius 2 is 2.10 bits per heavy atom. The molecule has 0 amide bonds. The fourth-order valence-corrected chi connectivity index (χ4v) is 2.84. The highest BCUT2D eigenvalue weighted by Crippen LogP contribution is 2.32. The Bertz CT molecular complexity index is 547. The maximum atomic E-state index is 11.2. The molecule has 1 aliphatic carbocycles. The molecule has 8 heteroatoms. The Kier molecular flexibility index (Phi) is 4.44. The third-order valence-electron chi connectivity index (χ3n) is 4.00. The van der Waals surface area contributed by atoms with Crippen LogP contribution in [0.3, 0.4) is 0 Å². The second-order valence-electron chi connectivity index (χ2n) is 5.39. The molecule has 1 aliphatic rings. The molecule has 0 unspecified atom stereocenters. The van der Waals surface area contributed by atoms with Crippen LogP contribution in [-0.2, 0) is 11.3 Å². The molecule has 21 heavy (non-hydrogen) atoms. The van der Waals surface area contributed by atoms with Crippen molar-refractivity contribution in [3.05, 3.63) is 15.8 Å². The Hall–Kier alpha value is -2.12. The summed E-state index contributed by atoms with van der Waals surface area (Å²) in [6.45, 7) is 4.04. The summed E-state index contributed by atoms with van der Waals surface area (Å²) in [5, 5.41) is 27.6. The quantitative estimate of drug-likeness (QED) is 0.636. The molecule has 116 valence electrons. The van der Waals surface area contributed by atoms with E-state index in [1.165, 1.54) is 0 Å². The normalized spacial score (nSPS) is 22.0. The van der Waals surface area contributed by atoms with E-state index in [4.69, 9.17) is 5.11 Å². The summed E-state index contributed by atoms with van der Waals surface area (Å²) in [4.78, 5) is 21.7. The van der Waals surface area contributed by atoms with Gasteiger partial charge < -0.3 is 10.4 Å². The molecule has 1 saturated carbocycles. The van der Waals surface area contributed by atoms with E-state index in [0.717, 1.165) is 0 Å². The number of rotatable bonds is 5. The maximum absolute atomic E-state index is 11.2. The number of nitro groups is 1. The minimum absolute atomic E-state index is 0.0113. The minimum atomic E-state index is -0.756. The van der Waals surface area contributed by atoms with Crippen molar-refractivity contribution in [2.24, 2.45) is 5.92 Å². The molecule has 0 aromatic carbocycles. The van der Waals surface area contributed by atoms with Crippen LogP contribution in [0, 0.1) is 23.0 Å². The van der Waals surface area contributed by atoms with E-state index in [-0.39, 0.29) is 17.6 Å². The van der Waals surface area contributed by atoms with E-state index in [1.54, 1.807) is 11.6 Å². The van der Waals surface area contributed by atoms with Gasteiger partial charge in [-0.1, -0.05) is 0 Å². The lowest BCUT2D eigenvalue weighted by Gasteiger charge is -2.27. The molecule has 0 atom stereocenters. The van der Waals surface area contributed by atoms with Gasteiger partial charge in [-0.05, 0) is 39.5 Å². The van der Waals surface area contributed by atoms with Crippen molar-refractivity contribution in [3.63, 3.8) is 0 Å². The van der Waals surface area contributed by atoms with Crippen molar-refractivity contribution in [2.75, 3.05) is 5.32 Å². The van der Waals surface area contributed by atoms with Crippen LogP contribution in [-0.4, -0.2) is 31.8 Å². The molecule has 0 aliphatic heterocycles. The highest BCUT2D eigenvalue weighted by atomic mass is 16.6. The zero-order valence-electron chi connectivity index (χ0n) is 12.2. The molecule has 0 spiro atoms. The smallest absolute Gasteiger partial charge is 0.333 e. The molecule has 1 aromatic heterocycles. The zero-order valence-corrected chi connectivity index (χ0v) is 12.2. The van der Waals surface area contributed by atoms with Crippen LogP contribution in [0.5, 0.6) is 0 Å². The standard InChI is InChI=1S/C13H20N4O4/c1-3-16-12(11(17(20)21)8(2)15-16)14-10-6-4-9(5-7-10)13(18)19/h9-10,14H,3-7H2,1-2H3,(H,18,19). The van der Waals surface area contributed by atoms with Crippen molar-refractivity contribution in [1.29, 1.82) is 0 Å². The van der Waals surface area contributed by atoms with Gasteiger partial charge in [-0.25, -0.2) is 4.68 Å². The van der Waals surface area contributed by atoms with Gasteiger partial charge in [0, 0.05) is 12.6 Å². The van der Waals surface area contributed by atoms with E-state index in [0.29, 0.717) is 43.7 Å². The summed E-state index contributed by atoms with van der Waals surface area (Å²) < 4.78 is 1.59.